The van der Waals surface area contributed by atoms with Gasteiger partial charge in [-0.1, -0.05) is 29.8 Å². The summed E-state index contributed by atoms with van der Waals surface area (Å²) in [4.78, 5) is 2.44. The van der Waals surface area contributed by atoms with Gasteiger partial charge in [0.2, 0.25) is 5.52 Å². The summed E-state index contributed by atoms with van der Waals surface area (Å²) in [5, 5.41) is 1.29. The highest BCUT2D eigenvalue weighted by Gasteiger charge is 2.21. The summed E-state index contributed by atoms with van der Waals surface area (Å²) < 4.78 is 2.34. The summed E-state index contributed by atoms with van der Waals surface area (Å²) in [6, 6.07) is 18.5. The molecule has 3 aromatic rings. The Hall–Kier alpha value is -2.14. The Labute approximate surface area is 191 Å². The Morgan fingerprint density at radius 2 is 1.69 bits per heavy atom. The van der Waals surface area contributed by atoms with Crippen molar-refractivity contribution in [1.82, 2.24) is 0 Å². The van der Waals surface area contributed by atoms with E-state index in [1.165, 1.54) is 39.0 Å². The van der Waals surface area contributed by atoms with Crippen molar-refractivity contribution >= 4 is 52.7 Å². The van der Waals surface area contributed by atoms with Crippen LogP contribution in [0.3, 0.4) is 0 Å². The molecule has 0 aliphatic carbocycles. The molecule has 2 aromatic carbocycles. The Bertz CT molecular complexity index is 1090. The summed E-state index contributed by atoms with van der Waals surface area (Å²) in [7, 11) is 0. The van der Waals surface area contributed by atoms with Crippen molar-refractivity contribution in [2.75, 3.05) is 4.90 Å². The average Bonchev–Trinajstić information content (AvgIpc) is 2.67. The fourth-order valence-electron chi connectivity index (χ4n) is 4.12. The lowest BCUT2D eigenvalue weighted by Gasteiger charge is -2.34. The highest BCUT2D eigenvalue weighted by molar-refractivity contribution is 14.0. The van der Waals surface area contributed by atoms with Crippen LogP contribution in [0.5, 0.6) is 0 Å². The van der Waals surface area contributed by atoms with E-state index in [-0.39, 0.29) is 24.0 Å². The molecular weight excluding hydrogens is 467 g/mol. The molecule has 0 saturated heterocycles. The molecule has 2 heterocycles. The number of halogens is 1. The van der Waals surface area contributed by atoms with E-state index in [0.29, 0.717) is 12.1 Å². The Balaban J connectivity index is 0.00000240. The van der Waals surface area contributed by atoms with Crippen LogP contribution in [-0.4, -0.2) is 6.04 Å². The van der Waals surface area contributed by atoms with E-state index in [0.717, 1.165) is 0 Å². The van der Waals surface area contributed by atoms with Crippen molar-refractivity contribution in [1.29, 1.82) is 0 Å². The fourth-order valence-corrected chi connectivity index (χ4v) is 4.12. The van der Waals surface area contributed by atoms with Crippen LogP contribution in [0.25, 0.3) is 23.1 Å². The van der Waals surface area contributed by atoms with Gasteiger partial charge in [0.15, 0.2) is 12.2 Å². The number of anilines is 1. The maximum Gasteiger partial charge on any atom is 0.213 e. The van der Waals surface area contributed by atoms with Gasteiger partial charge in [0, 0.05) is 29.6 Å². The van der Waals surface area contributed by atoms with E-state index in [1.54, 1.807) is 0 Å². The fraction of sp³-hybridized carbons (Fsp3) is 0.269. The number of pyridine rings is 1. The third-order valence-electron chi connectivity index (χ3n) is 5.44. The first-order valence-corrected chi connectivity index (χ1v) is 10.2. The van der Waals surface area contributed by atoms with E-state index in [2.05, 4.69) is 117 Å². The summed E-state index contributed by atoms with van der Waals surface area (Å²) >= 11 is 0. The number of fused-ring (bicyclic) bond motifs is 2. The van der Waals surface area contributed by atoms with Crippen molar-refractivity contribution in [2.45, 2.75) is 46.7 Å². The van der Waals surface area contributed by atoms with Gasteiger partial charge in [-0.05, 0) is 76.1 Å². The van der Waals surface area contributed by atoms with E-state index >= 15 is 0 Å². The van der Waals surface area contributed by atoms with Gasteiger partial charge < -0.3 is 4.90 Å². The summed E-state index contributed by atoms with van der Waals surface area (Å²) in [5.41, 5.74) is 7.64. The Morgan fingerprint density at radius 3 is 2.41 bits per heavy atom. The van der Waals surface area contributed by atoms with Gasteiger partial charge in [0.25, 0.3) is 0 Å². The van der Waals surface area contributed by atoms with Gasteiger partial charge in [0.1, 0.15) is 0 Å². The number of aromatic nitrogens is 1. The van der Waals surface area contributed by atoms with Crippen molar-refractivity contribution < 1.29 is 4.57 Å². The minimum absolute atomic E-state index is 0. The van der Waals surface area contributed by atoms with Crippen LogP contribution in [0, 0.1) is 6.92 Å². The summed E-state index contributed by atoms with van der Waals surface area (Å²) in [5.74, 6) is 0. The zero-order chi connectivity index (χ0) is 19.8. The smallest absolute Gasteiger partial charge is 0.213 e. The molecule has 150 valence electrons. The summed E-state index contributed by atoms with van der Waals surface area (Å²) in [6.07, 6.45) is 9.03. The number of hydrogen-bond donors (Lipinski definition) is 0. The molecule has 1 aliphatic rings. The predicted octanol–water partition coefficient (Wildman–Crippen LogP) is 6.92. The van der Waals surface area contributed by atoms with Crippen LogP contribution in [-0.2, 0) is 0 Å². The van der Waals surface area contributed by atoms with E-state index in [9.17, 15) is 0 Å². The van der Waals surface area contributed by atoms with Crippen LogP contribution in [0.15, 0.2) is 66.5 Å². The first kappa shape index (κ1) is 21.6. The van der Waals surface area contributed by atoms with Gasteiger partial charge in [-0.15, -0.1) is 24.0 Å². The molecule has 3 heteroatoms. The molecule has 0 spiro atoms. The minimum atomic E-state index is 0. The van der Waals surface area contributed by atoms with Crippen LogP contribution < -0.4 is 9.47 Å². The SMILES string of the molecule is Cc1ccc2c(c1)C=C/C(=C/c1cc[n+](C(C)C)c3ccccc13)N2C(C)C.I. The standard InChI is InChI=1S/C26H29N2.HI/c1-18(2)27-15-14-21(24-8-6-7-9-26(24)27)17-23-12-11-22-16-20(5)10-13-25(22)28(23)19(3)4;/h6-19H,1-5H3;1H/q+1;. The highest BCUT2D eigenvalue weighted by atomic mass is 127. The second-order valence-corrected chi connectivity index (χ2v) is 8.22. The van der Waals surface area contributed by atoms with Gasteiger partial charge >= 0.3 is 0 Å². The monoisotopic (exact) mass is 497 g/mol. The van der Waals surface area contributed by atoms with Crippen LogP contribution >= 0.6 is 24.0 Å². The first-order valence-electron chi connectivity index (χ1n) is 10.2. The van der Waals surface area contributed by atoms with Gasteiger partial charge in [-0.25, -0.2) is 0 Å². The van der Waals surface area contributed by atoms with Crippen molar-refractivity contribution in [3.8, 4) is 0 Å². The van der Waals surface area contributed by atoms with Crippen LogP contribution in [0.4, 0.5) is 5.69 Å². The van der Waals surface area contributed by atoms with Gasteiger partial charge in [-0.2, -0.15) is 4.57 Å². The van der Waals surface area contributed by atoms with E-state index in [4.69, 9.17) is 0 Å². The number of aryl methyl sites for hydroxylation is 1. The normalized spacial score (nSPS) is 14.6. The molecule has 0 radical (unpaired) electrons. The number of para-hydroxylation sites is 1. The molecule has 1 aliphatic heterocycles. The Kier molecular flexibility index (Phi) is 6.47. The number of hydrogen-bond acceptors (Lipinski definition) is 1. The molecule has 1 aromatic heterocycles. The molecule has 0 saturated carbocycles. The maximum atomic E-state index is 2.44. The molecule has 4 rings (SSSR count). The molecule has 0 atom stereocenters. The molecule has 0 fully saturated rings. The maximum absolute atomic E-state index is 2.44. The second kappa shape index (κ2) is 8.70. The largest absolute Gasteiger partial charge is 0.338 e. The molecule has 0 N–H and O–H groups in total. The predicted molar refractivity (Wildman–Crippen MR) is 136 cm³/mol. The molecule has 0 amide bonds. The highest BCUT2D eigenvalue weighted by Crippen LogP contribution is 2.34. The summed E-state index contributed by atoms with van der Waals surface area (Å²) in [6.45, 7) is 11.1. The first-order chi connectivity index (χ1) is 13.5. The topological polar surface area (TPSA) is 7.12 Å². The zero-order valence-corrected chi connectivity index (χ0v) is 20.2. The van der Waals surface area contributed by atoms with E-state index in [1.807, 2.05) is 0 Å². The average molecular weight is 497 g/mol. The van der Waals surface area contributed by atoms with Crippen molar-refractivity contribution in [3.05, 3.63) is 83.2 Å². The van der Waals surface area contributed by atoms with Crippen LogP contribution in [0.1, 0.15) is 50.4 Å². The van der Waals surface area contributed by atoms with Crippen molar-refractivity contribution in [3.63, 3.8) is 0 Å². The third kappa shape index (κ3) is 4.11. The second-order valence-electron chi connectivity index (χ2n) is 8.22. The zero-order valence-electron chi connectivity index (χ0n) is 17.9. The lowest BCUT2D eigenvalue weighted by molar-refractivity contribution is -0.691. The van der Waals surface area contributed by atoms with Gasteiger partial charge in [0.05, 0.1) is 5.39 Å². The molecule has 29 heavy (non-hydrogen) atoms. The third-order valence-corrected chi connectivity index (χ3v) is 5.44. The van der Waals surface area contributed by atoms with Crippen molar-refractivity contribution in [2.24, 2.45) is 0 Å². The number of nitrogens with zero attached hydrogens (tertiary/aromatic N) is 2. The van der Waals surface area contributed by atoms with Gasteiger partial charge in [-0.3, -0.25) is 0 Å². The molecule has 0 unspecified atom stereocenters. The number of benzene rings is 2. The quantitative estimate of drug-likeness (QED) is 0.282. The number of allylic oxidation sites excluding steroid dienone is 1. The minimum Gasteiger partial charge on any atom is -0.338 e. The number of rotatable bonds is 3. The lowest BCUT2D eigenvalue weighted by atomic mass is 10.00. The molecule has 2 nitrogen and oxygen atoms in total. The Morgan fingerprint density at radius 1 is 0.931 bits per heavy atom. The molecule has 0 bridgehead atoms. The van der Waals surface area contributed by atoms with E-state index < -0.39 is 0 Å². The van der Waals surface area contributed by atoms with Crippen LogP contribution in [0.2, 0.25) is 0 Å². The molecular formula is C26H30IN2+. The lowest BCUT2D eigenvalue weighted by Crippen LogP contribution is -2.36.